The van der Waals surface area contributed by atoms with E-state index in [0.29, 0.717) is 55.7 Å². The smallest absolute Gasteiger partial charge is 0.253 e. The number of carbonyl (C=O) groups is 2. The number of aryl methyl sites for hydroxylation is 1. The summed E-state index contributed by atoms with van der Waals surface area (Å²) in [6, 6.07) is 7.46. The van der Waals surface area contributed by atoms with Gasteiger partial charge in [-0.2, -0.15) is 4.98 Å². The van der Waals surface area contributed by atoms with Gasteiger partial charge in [0.05, 0.1) is 6.54 Å². The number of piperidine rings is 1. The molecule has 0 atom stereocenters. The Balaban J connectivity index is 1.20. The third-order valence-corrected chi connectivity index (χ3v) is 6.84. The molecule has 9 heteroatoms. The van der Waals surface area contributed by atoms with Gasteiger partial charge in [-0.1, -0.05) is 28.0 Å². The number of halogens is 1. The lowest BCUT2D eigenvalue weighted by atomic mass is 9.99. The first kappa shape index (κ1) is 22.9. The summed E-state index contributed by atoms with van der Waals surface area (Å²) < 4.78 is 6.32. The molecule has 2 aliphatic rings. The molecule has 172 valence electrons. The molecular formula is C23H30BrN5O3. The minimum absolute atomic E-state index is 0.0619. The number of hydrogen-bond acceptors (Lipinski definition) is 6. The van der Waals surface area contributed by atoms with E-state index in [9.17, 15) is 9.59 Å². The van der Waals surface area contributed by atoms with Crippen LogP contribution in [0.5, 0.6) is 0 Å². The number of piperazine rings is 1. The molecule has 2 fully saturated rings. The molecule has 0 aliphatic carbocycles. The molecule has 2 aromatic rings. The van der Waals surface area contributed by atoms with Gasteiger partial charge in [0.15, 0.2) is 5.82 Å². The van der Waals surface area contributed by atoms with Crippen LogP contribution < -0.4 is 0 Å². The van der Waals surface area contributed by atoms with E-state index in [0.717, 1.165) is 43.5 Å². The van der Waals surface area contributed by atoms with Crippen LogP contribution in [0.25, 0.3) is 0 Å². The zero-order valence-electron chi connectivity index (χ0n) is 18.5. The van der Waals surface area contributed by atoms with E-state index in [1.807, 2.05) is 34.1 Å². The van der Waals surface area contributed by atoms with Gasteiger partial charge in [-0.05, 0) is 43.0 Å². The molecule has 4 rings (SSSR count). The van der Waals surface area contributed by atoms with Crippen molar-refractivity contribution in [2.24, 2.45) is 5.92 Å². The number of nitrogens with zero attached hydrogens (tertiary/aromatic N) is 5. The topological polar surface area (TPSA) is 82.8 Å². The fourth-order valence-corrected chi connectivity index (χ4v) is 4.43. The van der Waals surface area contributed by atoms with Gasteiger partial charge >= 0.3 is 0 Å². The van der Waals surface area contributed by atoms with E-state index in [-0.39, 0.29) is 11.8 Å². The highest BCUT2D eigenvalue weighted by Gasteiger charge is 2.24. The Morgan fingerprint density at radius 1 is 1.03 bits per heavy atom. The van der Waals surface area contributed by atoms with Gasteiger partial charge in [0.25, 0.3) is 5.91 Å². The van der Waals surface area contributed by atoms with E-state index in [2.05, 4.69) is 37.9 Å². The van der Waals surface area contributed by atoms with Crippen LogP contribution in [0.2, 0.25) is 0 Å². The summed E-state index contributed by atoms with van der Waals surface area (Å²) in [5, 5.41) is 4.08. The van der Waals surface area contributed by atoms with Crippen LogP contribution in [0, 0.1) is 5.92 Å². The third-order valence-electron chi connectivity index (χ3n) is 6.31. The van der Waals surface area contributed by atoms with Crippen molar-refractivity contribution in [3.05, 3.63) is 46.0 Å². The lowest BCUT2D eigenvalue weighted by Gasteiger charge is -2.34. The van der Waals surface area contributed by atoms with Crippen molar-refractivity contribution in [2.75, 3.05) is 39.3 Å². The molecular weight excluding hydrogens is 474 g/mol. The van der Waals surface area contributed by atoms with Gasteiger partial charge in [0.1, 0.15) is 0 Å². The van der Waals surface area contributed by atoms with Crippen molar-refractivity contribution < 1.29 is 14.1 Å². The third kappa shape index (κ3) is 5.95. The van der Waals surface area contributed by atoms with Crippen LogP contribution in [0.4, 0.5) is 0 Å². The average molecular weight is 504 g/mol. The SMILES string of the molecule is CC1CCN(C(=O)CCc2nc(CN3CCN(C(=O)c4ccc(Br)cc4)CC3)no2)CC1. The second-order valence-corrected chi connectivity index (χ2v) is 9.66. The highest BCUT2D eigenvalue weighted by molar-refractivity contribution is 9.10. The Bertz CT molecular complexity index is 916. The molecule has 2 aliphatic heterocycles. The maximum Gasteiger partial charge on any atom is 0.253 e. The number of aromatic nitrogens is 2. The molecule has 3 heterocycles. The fourth-order valence-electron chi connectivity index (χ4n) is 4.17. The highest BCUT2D eigenvalue weighted by atomic mass is 79.9. The van der Waals surface area contributed by atoms with Crippen LogP contribution in [0.15, 0.2) is 33.3 Å². The van der Waals surface area contributed by atoms with Gasteiger partial charge in [0.2, 0.25) is 11.8 Å². The number of hydrogen-bond donors (Lipinski definition) is 0. The monoisotopic (exact) mass is 503 g/mol. The van der Waals surface area contributed by atoms with E-state index in [1.165, 1.54) is 0 Å². The average Bonchev–Trinajstić information content (AvgIpc) is 3.26. The summed E-state index contributed by atoms with van der Waals surface area (Å²) in [6.07, 6.45) is 3.05. The lowest BCUT2D eigenvalue weighted by molar-refractivity contribution is -0.132. The molecule has 2 saturated heterocycles. The maximum atomic E-state index is 12.7. The zero-order valence-corrected chi connectivity index (χ0v) is 20.1. The molecule has 0 spiro atoms. The van der Waals surface area contributed by atoms with E-state index in [4.69, 9.17) is 4.52 Å². The number of rotatable bonds is 6. The number of carbonyl (C=O) groups excluding carboxylic acids is 2. The van der Waals surface area contributed by atoms with Crippen molar-refractivity contribution in [3.8, 4) is 0 Å². The predicted molar refractivity (Wildman–Crippen MR) is 123 cm³/mol. The molecule has 0 bridgehead atoms. The molecule has 1 aromatic carbocycles. The second-order valence-electron chi connectivity index (χ2n) is 8.74. The van der Waals surface area contributed by atoms with E-state index >= 15 is 0 Å². The number of benzene rings is 1. The summed E-state index contributed by atoms with van der Waals surface area (Å²) in [5.74, 6) is 2.09. The molecule has 32 heavy (non-hydrogen) atoms. The van der Waals surface area contributed by atoms with E-state index in [1.54, 1.807) is 0 Å². The number of amides is 2. The van der Waals surface area contributed by atoms with Crippen molar-refractivity contribution in [1.29, 1.82) is 0 Å². The summed E-state index contributed by atoms with van der Waals surface area (Å²) in [6.45, 7) is 7.39. The van der Waals surface area contributed by atoms with Gasteiger partial charge in [-0.15, -0.1) is 0 Å². The summed E-state index contributed by atoms with van der Waals surface area (Å²) in [7, 11) is 0. The quantitative estimate of drug-likeness (QED) is 0.602. The Hall–Kier alpha value is -2.26. The van der Waals surface area contributed by atoms with Crippen LogP contribution in [-0.4, -0.2) is 75.9 Å². The first-order chi connectivity index (χ1) is 15.5. The maximum absolute atomic E-state index is 12.7. The second kappa shape index (κ2) is 10.6. The van der Waals surface area contributed by atoms with E-state index < -0.39 is 0 Å². The van der Waals surface area contributed by atoms with Crippen LogP contribution in [-0.2, 0) is 17.8 Å². The molecule has 1 aromatic heterocycles. The molecule has 0 N–H and O–H groups in total. The minimum Gasteiger partial charge on any atom is -0.343 e. The standard InChI is InChI=1S/C23H30BrN5O3/c1-17-8-10-28(11-9-17)22(30)7-6-21-25-20(26-32-21)16-27-12-14-29(15-13-27)23(31)18-2-4-19(24)5-3-18/h2-5,17H,6-16H2,1H3. The zero-order chi connectivity index (χ0) is 22.5. The first-order valence-corrected chi connectivity index (χ1v) is 12.1. The van der Waals surface area contributed by atoms with Crippen molar-refractivity contribution in [3.63, 3.8) is 0 Å². The van der Waals surface area contributed by atoms with Gasteiger partial charge in [-0.25, -0.2) is 0 Å². The van der Waals surface area contributed by atoms with Gasteiger partial charge in [0, 0.05) is 62.1 Å². The lowest BCUT2D eigenvalue weighted by Crippen LogP contribution is -2.48. The van der Waals surface area contributed by atoms with Gasteiger partial charge in [-0.3, -0.25) is 14.5 Å². The summed E-state index contributed by atoms with van der Waals surface area (Å²) in [4.78, 5) is 35.6. The number of likely N-dealkylation sites (tertiary alicyclic amines) is 1. The van der Waals surface area contributed by atoms with Gasteiger partial charge < -0.3 is 14.3 Å². The normalized spacial score (nSPS) is 18.2. The largest absolute Gasteiger partial charge is 0.343 e. The molecule has 8 nitrogen and oxygen atoms in total. The summed E-state index contributed by atoms with van der Waals surface area (Å²) in [5.41, 5.74) is 0.707. The Morgan fingerprint density at radius 3 is 2.41 bits per heavy atom. The minimum atomic E-state index is 0.0619. The van der Waals surface area contributed by atoms with Crippen LogP contribution >= 0.6 is 15.9 Å². The molecule has 2 amide bonds. The first-order valence-electron chi connectivity index (χ1n) is 11.3. The van der Waals surface area contributed by atoms with Crippen LogP contribution in [0.1, 0.15) is 48.3 Å². The van der Waals surface area contributed by atoms with Crippen molar-refractivity contribution >= 4 is 27.7 Å². The molecule has 0 unspecified atom stereocenters. The predicted octanol–water partition coefficient (Wildman–Crippen LogP) is 2.98. The molecule has 0 radical (unpaired) electrons. The summed E-state index contributed by atoms with van der Waals surface area (Å²) >= 11 is 3.40. The Kier molecular flexibility index (Phi) is 7.57. The fraction of sp³-hybridized carbons (Fsp3) is 0.565. The van der Waals surface area contributed by atoms with Crippen molar-refractivity contribution in [2.45, 2.75) is 39.2 Å². The van der Waals surface area contributed by atoms with Crippen LogP contribution in [0.3, 0.4) is 0 Å². The highest BCUT2D eigenvalue weighted by Crippen LogP contribution is 2.18. The Labute approximate surface area is 197 Å². The van der Waals surface area contributed by atoms with Crippen molar-refractivity contribution in [1.82, 2.24) is 24.8 Å². The Morgan fingerprint density at radius 2 is 1.72 bits per heavy atom. The molecule has 0 saturated carbocycles.